The van der Waals surface area contributed by atoms with Crippen LogP contribution >= 0.6 is 23.2 Å². The molecule has 2 heterocycles. The van der Waals surface area contributed by atoms with Crippen LogP contribution in [-0.2, 0) is 13.2 Å². The Labute approximate surface area is 200 Å². The number of ether oxygens (including phenoxy) is 2. The third-order valence-electron chi connectivity index (χ3n) is 5.68. The van der Waals surface area contributed by atoms with E-state index in [-0.39, 0.29) is 5.56 Å². The van der Waals surface area contributed by atoms with Gasteiger partial charge in [0.05, 0.1) is 18.0 Å². The third-order valence-corrected chi connectivity index (χ3v) is 6.28. The van der Waals surface area contributed by atoms with Gasteiger partial charge in [0.1, 0.15) is 12.4 Å². The first-order chi connectivity index (χ1) is 16.0. The smallest absolute Gasteiger partial charge is 0.261 e. The summed E-state index contributed by atoms with van der Waals surface area (Å²) in [6, 6.07) is 18.5. The average molecular weight is 479 g/mol. The minimum Gasteiger partial charge on any atom is -0.493 e. The van der Waals surface area contributed by atoms with Crippen LogP contribution in [0.25, 0.3) is 22.6 Å². The molecule has 7 heteroatoms. The molecule has 0 spiro atoms. The second-order valence-electron chi connectivity index (χ2n) is 7.76. The summed E-state index contributed by atoms with van der Waals surface area (Å²) in [5.41, 5.74) is 3.41. The van der Waals surface area contributed by atoms with E-state index in [1.165, 1.54) is 0 Å². The molecular formula is C26H20Cl2N2O3. The van der Waals surface area contributed by atoms with Crippen molar-refractivity contribution >= 4 is 45.8 Å². The van der Waals surface area contributed by atoms with Crippen molar-refractivity contribution in [3.05, 3.63) is 98.0 Å². The van der Waals surface area contributed by atoms with Crippen molar-refractivity contribution in [3.63, 3.8) is 0 Å². The summed E-state index contributed by atoms with van der Waals surface area (Å²) in [6.45, 7) is 0.930. The first kappa shape index (κ1) is 21.6. The molecule has 1 aliphatic heterocycles. The van der Waals surface area contributed by atoms with E-state index in [1.54, 1.807) is 29.9 Å². The van der Waals surface area contributed by atoms with Gasteiger partial charge < -0.3 is 9.47 Å². The second-order valence-corrected chi connectivity index (χ2v) is 8.61. The van der Waals surface area contributed by atoms with Crippen molar-refractivity contribution in [1.29, 1.82) is 0 Å². The second kappa shape index (κ2) is 8.93. The largest absolute Gasteiger partial charge is 0.493 e. The van der Waals surface area contributed by atoms with Gasteiger partial charge in [0.2, 0.25) is 0 Å². The van der Waals surface area contributed by atoms with Crippen LogP contribution in [0, 0.1) is 0 Å². The number of fused-ring (bicyclic) bond motifs is 2. The van der Waals surface area contributed by atoms with Crippen molar-refractivity contribution in [2.24, 2.45) is 0 Å². The first-order valence-electron chi connectivity index (χ1n) is 10.5. The van der Waals surface area contributed by atoms with E-state index in [2.05, 4.69) is 0 Å². The Bertz CT molecular complexity index is 1460. The molecule has 1 aromatic heterocycles. The predicted molar refractivity (Wildman–Crippen MR) is 132 cm³/mol. The maximum atomic E-state index is 12.9. The lowest BCUT2D eigenvalue weighted by molar-refractivity contribution is 0.284. The molecule has 166 valence electrons. The molecule has 0 saturated heterocycles. The molecule has 4 aromatic rings. The van der Waals surface area contributed by atoms with Crippen LogP contribution in [0.1, 0.15) is 23.4 Å². The number of benzene rings is 3. The van der Waals surface area contributed by atoms with Crippen molar-refractivity contribution < 1.29 is 9.47 Å². The number of rotatable bonds is 5. The molecule has 0 unspecified atom stereocenters. The lowest BCUT2D eigenvalue weighted by atomic mass is 10.1. The van der Waals surface area contributed by atoms with Crippen molar-refractivity contribution in [2.45, 2.75) is 19.6 Å². The van der Waals surface area contributed by atoms with E-state index in [4.69, 9.17) is 37.7 Å². The zero-order chi connectivity index (χ0) is 22.9. The maximum absolute atomic E-state index is 12.9. The molecule has 5 rings (SSSR count). The Morgan fingerprint density at radius 2 is 1.91 bits per heavy atom. The molecule has 0 atom stereocenters. The summed E-state index contributed by atoms with van der Waals surface area (Å²) in [7, 11) is 1.61. The van der Waals surface area contributed by atoms with Crippen LogP contribution < -0.4 is 15.0 Å². The van der Waals surface area contributed by atoms with Crippen molar-refractivity contribution in [2.75, 3.05) is 7.11 Å². The summed E-state index contributed by atoms with van der Waals surface area (Å²) in [4.78, 5) is 17.7. The fraction of sp³-hybridized carbons (Fsp3) is 0.154. The average Bonchev–Trinajstić information content (AvgIpc) is 3.22. The van der Waals surface area contributed by atoms with Crippen molar-refractivity contribution in [1.82, 2.24) is 9.55 Å². The van der Waals surface area contributed by atoms with Crippen LogP contribution in [0.2, 0.25) is 10.0 Å². The van der Waals surface area contributed by atoms with Gasteiger partial charge in [-0.25, -0.2) is 4.98 Å². The highest BCUT2D eigenvalue weighted by Gasteiger charge is 2.21. The molecule has 33 heavy (non-hydrogen) atoms. The summed E-state index contributed by atoms with van der Waals surface area (Å²) in [5.74, 6) is 1.93. The van der Waals surface area contributed by atoms with Crippen LogP contribution in [0.5, 0.6) is 11.5 Å². The van der Waals surface area contributed by atoms with Crippen LogP contribution in [0.15, 0.2) is 65.5 Å². The van der Waals surface area contributed by atoms with Gasteiger partial charge in [-0.15, -0.1) is 0 Å². The minimum atomic E-state index is -0.0678. The van der Waals surface area contributed by atoms with E-state index < -0.39 is 0 Å². The summed E-state index contributed by atoms with van der Waals surface area (Å²) >= 11 is 12.3. The van der Waals surface area contributed by atoms with E-state index in [0.29, 0.717) is 51.4 Å². The fourth-order valence-electron chi connectivity index (χ4n) is 3.99. The molecular weight excluding hydrogens is 459 g/mol. The summed E-state index contributed by atoms with van der Waals surface area (Å²) < 4.78 is 13.2. The fourth-order valence-corrected chi connectivity index (χ4v) is 4.35. The van der Waals surface area contributed by atoms with E-state index in [9.17, 15) is 4.79 Å². The molecule has 0 radical (unpaired) electrons. The first-order valence-corrected chi connectivity index (χ1v) is 11.2. The Morgan fingerprint density at radius 1 is 1.06 bits per heavy atom. The monoisotopic (exact) mass is 478 g/mol. The van der Waals surface area contributed by atoms with E-state index >= 15 is 0 Å². The molecule has 0 aliphatic carbocycles. The number of hydrogen-bond donors (Lipinski definition) is 0. The zero-order valence-electron chi connectivity index (χ0n) is 17.8. The summed E-state index contributed by atoms with van der Waals surface area (Å²) in [6.07, 6.45) is 2.76. The Balaban J connectivity index is 1.45. The number of nitrogens with zero attached hydrogens (tertiary/aromatic N) is 2. The normalized spacial score (nSPS) is 14.0. The Kier molecular flexibility index (Phi) is 5.83. The highest BCUT2D eigenvalue weighted by atomic mass is 35.5. The number of allylic oxidation sites excluding steroid dienone is 1. The SMILES string of the molecule is COc1cc(C=C2CCn3c2nc2ccc(Cl)cc2c3=O)ccc1OCc1ccccc1Cl. The van der Waals surface area contributed by atoms with E-state index in [0.717, 1.165) is 23.1 Å². The van der Waals surface area contributed by atoms with Crippen LogP contribution in [-0.4, -0.2) is 16.7 Å². The van der Waals surface area contributed by atoms with Crippen molar-refractivity contribution in [3.8, 4) is 11.5 Å². The molecule has 0 fully saturated rings. The highest BCUT2D eigenvalue weighted by molar-refractivity contribution is 6.31. The van der Waals surface area contributed by atoms with Gasteiger partial charge in [-0.1, -0.05) is 47.5 Å². The number of halogens is 2. The molecule has 1 aliphatic rings. The topological polar surface area (TPSA) is 53.4 Å². The standard InChI is InChI=1S/C26H20Cl2N2O3/c1-32-24-13-16(6-9-23(24)33-15-18-4-2-3-5-21(18)28)12-17-10-11-30-25(17)29-22-8-7-19(27)14-20(22)26(30)31/h2-9,12-14H,10-11,15H2,1H3. The predicted octanol–water partition coefficient (Wildman–Crippen LogP) is 6.24. The summed E-state index contributed by atoms with van der Waals surface area (Å²) in [5, 5.41) is 1.73. The van der Waals surface area contributed by atoms with Gasteiger partial charge >= 0.3 is 0 Å². The van der Waals surface area contributed by atoms with Gasteiger partial charge in [-0.3, -0.25) is 9.36 Å². The van der Waals surface area contributed by atoms with Gasteiger partial charge in [0, 0.05) is 22.2 Å². The molecule has 3 aromatic carbocycles. The lowest BCUT2D eigenvalue weighted by Gasteiger charge is -2.12. The molecule has 0 saturated carbocycles. The number of aromatic nitrogens is 2. The van der Waals surface area contributed by atoms with Gasteiger partial charge in [-0.2, -0.15) is 0 Å². The van der Waals surface area contributed by atoms with Crippen LogP contribution in [0.3, 0.4) is 0 Å². The highest BCUT2D eigenvalue weighted by Crippen LogP contribution is 2.33. The van der Waals surface area contributed by atoms with Crippen LogP contribution in [0.4, 0.5) is 0 Å². The van der Waals surface area contributed by atoms with Gasteiger partial charge in [0.15, 0.2) is 11.5 Å². The number of hydrogen-bond acceptors (Lipinski definition) is 4. The van der Waals surface area contributed by atoms with Gasteiger partial charge in [0.25, 0.3) is 5.56 Å². The molecule has 0 bridgehead atoms. The minimum absolute atomic E-state index is 0.0678. The van der Waals surface area contributed by atoms with Gasteiger partial charge in [-0.05, 0) is 60.0 Å². The molecule has 0 N–H and O–H groups in total. The third kappa shape index (κ3) is 4.22. The van der Waals surface area contributed by atoms with E-state index in [1.807, 2.05) is 48.5 Å². The molecule has 5 nitrogen and oxygen atoms in total. The zero-order valence-corrected chi connectivity index (χ0v) is 19.4. The Hall–Kier alpha value is -3.28. The maximum Gasteiger partial charge on any atom is 0.261 e. The molecule has 0 amide bonds. The quantitative estimate of drug-likeness (QED) is 0.340. The lowest BCUT2D eigenvalue weighted by Crippen LogP contribution is -2.20. The number of methoxy groups -OCH3 is 1. The Morgan fingerprint density at radius 3 is 2.73 bits per heavy atom.